The average molecular weight is 621 g/mol. The van der Waals surface area contributed by atoms with E-state index in [1.807, 2.05) is 35.8 Å². The van der Waals surface area contributed by atoms with Crippen molar-refractivity contribution in [3.05, 3.63) is 35.7 Å². The van der Waals surface area contributed by atoms with Crippen molar-refractivity contribution in [2.45, 2.75) is 109 Å². The molecule has 1 amide bonds. The second-order valence-electron chi connectivity index (χ2n) is 10.1. The molecule has 13 nitrogen and oxygen atoms in total. The Morgan fingerprint density at radius 2 is 1.67 bits per heavy atom. The van der Waals surface area contributed by atoms with Crippen LogP contribution in [0, 0.1) is 6.92 Å². The average Bonchev–Trinajstić information content (AvgIpc) is 3.30. The van der Waals surface area contributed by atoms with Gasteiger partial charge in [0.1, 0.15) is 36.5 Å². The lowest BCUT2D eigenvalue weighted by atomic mass is 9.97. The van der Waals surface area contributed by atoms with Crippen molar-refractivity contribution in [2.75, 3.05) is 6.61 Å². The van der Waals surface area contributed by atoms with Crippen LogP contribution >= 0.6 is 11.8 Å². The van der Waals surface area contributed by atoms with E-state index in [2.05, 4.69) is 22.4 Å². The summed E-state index contributed by atoms with van der Waals surface area (Å²) in [7, 11) is 0. The Hall–Kier alpha value is -3.65. The van der Waals surface area contributed by atoms with Gasteiger partial charge in [-0.05, 0) is 25.0 Å². The molecule has 1 aliphatic rings. The van der Waals surface area contributed by atoms with Crippen molar-refractivity contribution < 1.29 is 42.9 Å². The highest BCUT2D eigenvalue weighted by Gasteiger charge is 2.51. The molecule has 1 aromatic heterocycles. The van der Waals surface area contributed by atoms with E-state index in [-0.39, 0.29) is 13.2 Å². The van der Waals surface area contributed by atoms with Gasteiger partial charge in [-0.1, -0.05) is 49.7 Å². The van der Waals surface area contributed by atoms with Gasteiger partial charge in [-0.3, -0.25) is 19.2 Å². The molecule has 1 aromatic carbocycles. The summed E-state index contributed by atoms with van der Waals surface area (Å²) >= 11 is 1.16. The molecule has 0 aliphatic carbocycles. The van der Waals surface area contributed by atoms with Crippen LogP contribution in [0.15, 0.2) is 29.4 Å². The Morgan fingerprint density at radius 3 is 2.30 bits per heavy atom. The fraction of sp³-hybridized carbons (Fsp3) is 0.586. The van der Waals surface area contributed by atoms with Crippen LogP contribution in [0.5, 0.6) is 5.75 Å². The summed E-state index contributed by atoms with van der Waals surface area (Å²) in [4.78, 5) is 48.2. The molecule has 1 saturated heterocycles. The van der Waals surface area contributed by atoms with E-state index in [4.69, 9.17) is 23.7 Å². The molecule has 0 spiro atoms. The zero-order valence-corrected chi connectivity index (χ0v) is 26.2. The lowest BCUT2D eigenvalue weighted by Crippen LogP contribution is -2.65. The number of rotatable bonds is 14. The highest BCUT2D eigenvalue weighted by Crippen LogP contribution is 2.36. The van der Waals surface area contributed by atoms with Crippen molar-refractivity contribution in [3.63, 3.8) is 0 Å². The molecule has 2 heterocycles. The first-order chi connectivity index (χ1) is 20.5. The van der Waals surface area contributed by atoms with Crippen molar-refractivity contribution in [2.24, 2.45) is 0 Å². The van der Waals surface area contributed by atoms with E-state index in [1.54, 1.807) is 0 Å². The van der Waals surface area contributed by atoms with Crippen LogP contribution in [0.4, 0.5) is 0 Å². The molecule has 2 aromatic rings. The number of thioether (sulfide) groups is 1. The van der Waals surface area contributed by atoms with Crippen LogP contribution in [-0.2, 0) is 51.3 Å². The van der Waals surface area contributed by atoms with Gasteiger partial charge in [-0.15, -0.1) is 10.2 Å². The number of hydrogen-bond acceptors (Lipinski definition) is 12. The Bertz CT molecular complexity index is 1270. The number of amides is 1. The highest BCUT2D eigenvalue weighted by molar-refractivity contribution is 7.99. The number of esters is 3. The molecule has 0 saturated carbocycles. The van der Waals surface area contributed by atoms with E-state index < -0.39 is 53.6 Å². The SMILES string of the molecule is CCCCCn1c(COc2ccccc2C)nnc1SC1OC(COC(C)=O)C(OC(C)=O)C(OC(C)=O)C1NC(C)=O. The molecule has 5 unspecified atom stereocenters. The molecule has 0 bridgehead atoms. The minimum Gasteiger partial charge on any atom is -0.485 e. The molecule has 1 fully saturated rings. The van der Waals surface area contributed by atoms with Crippen LogP contribution < -0.4 is 10.1 Å². The third-order valence-electron chi connectivity index (χ3n) is 6.52. The summed E-state index contributed by atoms with van der Waals surface area (Å²) in [6, 6.07) is 6.71. The monoisotopic (exact) mass is 620 g/mol. The zero-order valence-electron chi connectivity index (χ0n) is 25.4. The molecule has 1 N–H and O–H groups in total. The minimum atomic E-state index is -1.17. The molecule has 1 aliphatic heterocycles. The molecule has 5 atom stereocenters. The number of aryl methyl sites for hydroxylation is 1. The molecule has 0 radical (unpaired) electrons. The van der Waals surface area contributed by atoms with Gasteiger partial charge in [0.05, 0.1) is 0 Å². The number of ether oxygens (including phenoxy) is 5. The Labute approximate surface area is 255 Å². The number of benzene rings is 1. The largest absolute Gasteiger partial charge is 0.485 e. The van der Waals surface area contributed by atoms with Crippen LogP contribution in [0.2, 0.25) is 0 Å². The second kappa shape index (κ2) is 16.3. The molecule has 3 rings (SSSR count). The third kappa shape index (κ3) is 9.95. The van der Waals surface area contributed by atoms with Crippen LogP contribution in [0.1, 0.15) is 65.3 Å². The standard InChI is InChI=1S/C29H40N4O9S/c1-7-8-11-14-33-24(16-39-22-13-10-9-12-17(22)2)31-32-29(33)43-28-25(30-18(3)34)27(41-21(6)37)26(40-20(5)36)23(42-28)15-38-19(4)35/h9-10,12-13,23,25-28H,7-8,11,14-16H2,1-6H3,(H,30,34). The van der Waals surface area contributed by atoms with Gasteiger partial charge in [0, 0.05) is 34.2 Å². The number of carbonyl (C=O) groups excluding carboxylic acids is 4. The van der Waals surface area contributed by atoms with E-state index >= 15 is 0 Å². The number of para-hydroxylation sites is 1. The van der Waals surface area contributed by atoms with Crippen molar-refractivity contribution in [3.8, 4) is 5.75 Å². The first kappa shape index (κ1) is 33.8. The van der Waals surface area contributed by atoms with E-state index in [9.17, 15) is 19.2 Å². The van der Waals surface area contributed by atoms with Crippen LogP contribution in [0.3, 0.4) is 0 Å². The van der Waals surface area contributed by atoms with Crippen molar-refractivity contribution in [1.82, 2.24) is 20.1 Å². The molecular formula is C29H40N4O9S. The smallest absolute Gasteiger partial charge is 0.303 e. The maximum absolute atomic E-state index is 12.3. The maximum atomic E-state index is 12.3. The number of nitrogens with one attached hydrogen (secondary N) is 1. The van der Waals surface area contributed by atoms with Crippen molar-refractivity contribution >= 4 is 35.6 Å². The quantitative estimate of drug-likeness (QED) is 0.187. The van der Waals surface area contributed by atoms with Gasteiger partial charge in [0.25, 0.3) is 0 Å². The zero-order chi connectivity index (χ0) is 31.5. The lowest BCUT2D eigenvalue weighted by molar-refractivity contribution is -0.211. The lowest BCUT2D eigenvalue weighted by Gasteiger charge is -2.44. The predicted octanol–water partition coefficient (Wildman–Crippen LogP) is 3.10. The summed E-state index contributed by atoms with van der Waals surface area (Å²) in [5.41, 5.74) is 0.0837. The second-order valence-corrected chi connectivity index (χ2v) is 11.2. The van der Waals surface area contributed by atoms with Crippen LogP contribution in [0.25, 0.3) is 0 Å². The number of unbranched alkanes of at least 4 members (excludes halogenated alkanes) is 2. The predicted molar refractivity (Wildman–Crippen MR) is 155 cm³/mol. The summed E-state index contributed by atoms with van der Waals surface area (Å²) in [6.45, 7) is 9.51. The fourth-order valence-corrected chi connectivity index (χ4v) is 5.80. The number of nitrogens with zero attached hydrogens (tertiary/aromatic N) is 3. The molecule has 14 heteroatoms. The van der Waals surface area contributed by atoms with Gasteiger partial charge in [0.15, 0.2) is 23.2 Å². The minimum absolute atomic E-state index is 0.171. The fourth-order valence-electron chi connectivity index (χ4n) is 4.61. The maximum Gasteiger partial charge on any atom is 0.303 e. The number of hydrogen-bond donors (Lipinski definition) is 1. The summed E-state index contributed by atoms with van der Waals surface area (Å²) in [5, 5.41) is 12.1. The Morgan fingerprint density at radius 1 is 0.977 bits per heavy atom. The van der Waals surface area contributed by atoms with Gasteiger partial charge in [-0.2, -0.15) is 0 Å². The highest BCUT2D eigenvalue weighted by atomic mass is 32.2. The van der Waals surface area contributed by atoms with E-state index in [1.165, 1.54) is 27.7 Å². The summed E-state index contributed by atoms with van der Waals surface area (Å²) < 4.78 is 30.6. The number of carbonyl (C=O) groups is 4. The van der Waals surface area contributed by atoms with Crippen molar-refractivity contribution in [1.29, 1.82) is 0 Å². The first-order valence-electron chi connectivity index (χ1n) is 14.2. The van der Waals surface area contributed by atoms with Gasteiger partial charge in [0.2, 0.25) is 5.91 Å². The van der Waals surface area contributed by atoms with Gasteiger partial charge >= 0.3 is 17.9 Å². The topological polar surface area (TPSA) is 157 Å². The van der Waals surface area contributed by atoms with Gasteiger partial charge < -0.3 is 33.6 Å². The molecule has 236 valence electrons. The summed E-state index contributed by atoms with van der Waals surface area (Å²) in [6.07, 6.45) is -0.486. The number of aromatic nitrogens is 3. The Balaban J connectivity index is 1.98. The van der Waals surface area contributed by atoms with E-state index in [0.29, 0.717) is 17.5 Å². The normalized spacial score (nSPS) is 21.5. The van der Waals surface area contributed by atoms with E-state index in [0.717, 1.165) is 42.3 Å². The molecular weight excluding hydrogens is 580 g/mol. The third-order valence-corrected chi connectivity index (χ3v) is 7.67. The Kier molecular flexibility index (Phi) is 12.8. The van der Waals surface area contributed by atoms with Crippen LogP contribution in [-0.4, -0.2) is 75.0 Å². The summed E-state index contributed by atoms with van der Waals surface area (Å²) in [5.74, 6) is -0.993. The molecule has 43 heavy (non-hydrogen) atoms. The van der Waals surface area contributed by atoms with Gasteiger partial charge in [-0.25, -0.2) is 0 Å². The first-order valence-corrected chi connectivity index (χ1v) is 15.1.